The fourth-order valence-corrected chi connectivity index (χ4v) is 7.06. The number of rotatable bonds is 12. The zero-order valence-corrected chi connectivity index (χ0v) is 49.2. The molecule has 0 aliphatic heterocycles. The molecule has 0 radical (unpaired) electrons. The number of fused-ring (bicyclic) bond motifs is 8. The predicted molar refractivity (Wildman–Crippen MR) is 303 cm³/mol. The summed E-state index contributed by atoms with van der Waals surface area (Å²) >= 11 is 0. The van der Waals surface area contributed by atoms with Gasteiger partial charge in [0.05, 0.1) is 0 Å². The van der Waals surface area contributed by atoms with Crippen molar-refractivity contribution >= 4 is 59.7 Å². The van der Waals surface area contributed by atoms with Crippen LogP contribution in [0, 0.1) is 0 Å². The monoisotopic (exact) mass is 1450 g/mol. The lowest BCUT2D eigenvalue weighted by molar-refractivity contribution is -0.193. The van der Waals surface area contributed by atoms with Crippen LogP contribution in [-0.4, -0.2) is 174 Å². The Bertz CT molecular complexity index is 2930. The number of guanidine groups is 4. The highest BCUT2D eigenvalue weighted by Crippen LogP contribution is 2.40. The SMILES string of the molecule is NC(N)=NCCc1cc2c(O)c(c1)Cc1cc(CCN=C(N)N)cc(c1O)Cc1cc(CCN=C(N)N)cc(c1O)Cc1cc(CCN=C(N)N)cc(c1O)C2.O=C(O)C(F)(F)F.O=C(O)C(F)(F)F.O=C(O)C(F)(F)F.O=C(O)C(F)(F)F.O=C(O)C(F)(F)F.O=C(O)C(F)(F)F. The Morgan fingerprint density at radius 3 is 0.459 bits per heavy atom. The number of aromatic hydroxyl groups is 4. The van der Waals surface area contributed by atoms with Gasteiger partial charge in [-0.15, -0.1) is 0 Å². The second kappa shape index (κ2) is 38.3. The number of nitrogens with zero attached hydrogens (tertiary/aromatic N) is 4. The summed E-state index contributed by atoms with van der Waals surface area (Å²) in [7, 11) is 0. The van der Waals surface area contributed by atoms with Gasteiger partial charge in [-0.2, -0.15) is 79.0 Å². The predicted octanol–water partition coefficient (Wildman–Crippen LogP) is 4.25. The Balaban J connectivity index is 0. The van der Waals surface area contributed by atoms with Crippen LogP contribution >= 0.6 is 0 Å². The number of aliphatic carboxylic acids is 6. The van der Waals surface area contributed by atoms with Crippen molar-refractivity contribution in [3.8, 4) is 23.0 Å². The molecule has 0 heterocycles. The van der Waals surface area contributed by atoms with E-state index in [0.29, 0.717) is 96.4 Å². The van der Waals surface area contributed by atoms with Gasteiger partial charge in [0.25, 0.3) is 0 Å². The Morgan fingerprint density at radius 1 is 0.276 bits per heavy atom. The number of carboxylic acid groups (broad SMARTS) is 6. The molecular weight excluding hydrogens is 1390 g/mol. The van der Waals surface area contributed by atoms with E-state index in [1.165, 1.54) is 0 Å². The number of alkyl halides is 18. The molecule has 98 heavy (non-hydrogen) atoms. The van der Waals surface area contributed by atoms with E-state index in [1.54, 1.807) is 0 Å². The van der Waals surface area contributed by atoms with Gasteiger partial charge in [-0.1, -0.05) is 48.5 Å². The fourth-order valence-electron chi connectivity index (χ4n) is 7.06. The van der Waals surface area contributed by atoms with E-state index < -0.39 is 72.9 Å². The molecule has 0 saturated heterocycles. The quantitative estimate of drug-likeness (QED) is 0.0471. The van der Waals surface area contributed by atoms with Gasteiger partial charge in [-0.25, -0.2) is 28.8 Å². The minimum atomic E-state index is -5.08. The summed E-state index contributed by atoms with van der Waals surface area (Å²) in [5.74, 6) is -16.6. The van der Waals surface area contributed by atoms with Crippen molar-refractivity contribution in [1.82, 2.24) is 0 Å². The number of hydrogen-bond acceptors (Lipinski definition) is 14. The normalized spacial score (nSPS) is 11.7. The topological polar surface area (TPSA) is 562 Å². The molecule has 0 fully saturated rings. The number of hydrogen-bond donors (Lipinski definition) is 18. The molecule has 0 unspecified atom stereocenters. The minimum absolute atomic E-state index is 0.0229. The highest BCUT2D eigenvalue weighted by atomic mass is 19.4. The Kier molecular flexibility index (Phi) is 34.7. The van der Waals surface area contributed by atoms with Gasteiger partial charge in [0.1, 0.15) is 23.0 Å². The molecule has 0 atom stereocenters. The van der Waals surface area contributed by atoms with Crippen LogP contribution < -0.4 is 45.9 Å². The lowest BCUT2D eigenvalue weighted by atomic mass is 9.87. The van der Waals surface area contributed by atoms with Gasteiger partial charge in [-0.3, -0.25) is 20.0 Å². The van der Waals surface area contributed by atoms with E-state index >= 15 is 0 Å². The van der Waals surface area contributed by atoms with Crippen LogP contribution in [0.5, 0.6) is 23.0 Å². The van der Waals surface area contributed by atoms with Gasteiger partial charge >= 0.3 is 72.9 Å². The second-order valence-corrected chi connectivity index (χ2v) is 18.8. The largest absolute Gasteiger partial charge is 0.507 e. The summed E-state index contributed by atoms with van der Waals surface area (Å²) in [4.78, 5) is 70.0. The first kappa shape index (κ1) is 88.8. The zero-order chi connectivity index (χ0) is 77.0. The maximum Gasteiger partial charge on any atom is 0.490 e. The van der Waals surface area contributed by atoms with Gasteiger partial charge in [0.2, 0.25) is 0 Å². The minimum Gasteiger partial charge on any atom is -0.507 e. The molecule has 46 heteroatoms. The van der Waals surface area contributed by atoms with Crippen molar-refractivity contribution < 1.29 is 159 Å². The molecular formula is C52H58F18N12O16. The lowest BCUT2D eigenvalue weighted by Crippen LogP contribution is -2.23. The molecule has 26 N–H and O–H groups in total. The maximum absolute atomic E-state index is 11.9. The van der Waals surface area contributed by atoms with Crippen molar-refractivity contribution in [2.24, 2.45) is 65.8 Å². The van der Waals surface area contributed by atoms with E-state index in [2.05, 4.69) is 20.0 Å². The first-order chi connectivity index (χ1) is 44.3. The number of phenolic OH excluding ortho intramolecular Hbond substituents is 4. The molecule has 4 aromatic carbocycles. The van der Waals surface area contributed by atoms with Crippen LogP contribution in [0.25, 0.3) is 0 Å². The van der Waals surface area contributed by atoms with Gasteiger partial charge in [-0.05, 0) is 92.4 Å². The summed E-state index contributed by atoms with van der Waals surface area (Å²) in [6.07, 6.45) is -28.1. The average molecular weight is 1450 g/mol. The van der Waals surface area contributed by atoms with Crippen LogP contribution in [0.15, 0.2) is 68.5 Å². The number of carbonyl (C=O) groups is 6. The zero-order valence-electron chi connectivity index (χ0n) is 49.2. The highest BCUT2D eigenvalue weighted by Gasteiger charge is 2.41. The Labute approximate surface area is 536 Å². The van der Waals surface area contributed by atoms with E-state index in [-0.39, 0.29) is 72.5 Å². The summed E-state index contributed by atoms with van der Waals surface area (Å²) in [6.45, 7) is 1.25. The van der Waals surface area contributed by atoms with Gasteiger partial charge in [0, 0.05) is 51.9 Å². The first-order valence-corrected chi connectivity index (χ1v) is 25.7. The molecule has 0 saturated carbocycles. The molecule has 28 nitrogen and oxygen atoms in total. The molecule has 0 aromatic heterocycles. The molecule has 5 rings (SSSR count). The van der Waals surface area contributed by atoms with Crippen LogP contribution in [0.4, 0.5) is 79.0 Å². The van der Waals surface area contributed by atoms with Crippen LogP contribution in [0.3, 0.4) is 0 Å². The highest BCUT2D eigenvalue weighted by molar-refractivity contribution is 5.78. The first-order valence-electron chi connectivity index (χ1n) is 25.7. The second-order valence-electron chi connectivity index (χ2n) is 18.8. The number of nitrogens with two attached hydrogens (primary N) is 8. The molecule has 0 amide bonds. The van der Waals surface area contributed by atoms with E-state index in [0.717, 1.165) is 22.3 Å². The van der Waals surface area contributed by atoms with Gasteiger partial charge < -0.3 is 96.9 Å². The lowest BCUT2D eigenvalue weighted by Gasteiger charge is -2.20. The Hall–Kier alpha value is -11.3. The summed E-state index contributed by atoms with van der Waals surface area (Å²) in [6, 6.07) is 14.9. The van der Waals surface area contributed by atoms with Gasteiger partial charge in [0.15, 0.2) is 23.8 Å². The van der Waals surface area contributed by atoms with E-state index in [9.17, 15) is 99.5 Å². The van der Waals surface area contributed by atoms with E-state index in [1.807, 2.05) is 48.5 Å². The summed E-state index contributed by atoms with van der Waals surface area (Å²) in [5.41, 5.74) is 52.7. The molecule has 548 valence electrons. The number of phenols is 4. The third-order valence-corrected chi connectivity index (χ3v) is 11.1. The van der Waals surface area contributed by atoms with Crippen LogP contribution in [0.1, 0.15) is 66.8 Å². The number of benzene rings is 4. The molecule has 8 bridgehead atoms. The standard InChI is InChI=1S/C40H52N12O4.6C2HF3O2/c41-37(42)49-5-1-21-9-25-17-27-11-22(2-6-50-38(43)44)13-29(34(27)54)19-31-15-24(4-8-52-40(47)48)16-32(36(31)56)20-30-14-23(3-7-51-39(45)46)12-28(35(30)55)18-26(10-21)33(25)53;6*3-2(4,5)1(6)7/h9-16,53-56H,1-8,17-20H2,(H4,41,42,49)(H4,43,44,50)(H4,45,46,51)(H4,47,48,52);6*(H,6,7). The van der Waals surface area contributed by atoms with Crippen molar-refractivity contribution in [3.63, 3.8) is 0 Å². The van der Waals surface area contributed by atoms with Crippen molar-refractivity contribution in [2.45, 2.75) is 88.4 Å². The summed E-state index contributed by atoms with van der Waals surface area (Å²) in [5, 5.41) is 90.3. The third-order valence-electron chi connectivity index (χ3n) is 11.1. The molecule has 4 aromatic rings. The number of halogens is 18. The van der Waals surface area contributed by atoms with Crippen molar-refractivity contribution in [2.75, 3.05) is 26.2 Å². The molecule has 0 spiro atoms. The van der Waals surface area contributed by atoms with Crippen molar-refractivity contribution in [1.29, 1.82) is 0 Å². The summed E-state index contributed by atoms with van der Waals surface area (Å²) < 4.78 is 190. The molecule has 1 aliphatic rings. The average Bonchev–Trinajstić information content (AvgIpc) is 0.786. The van der Waals surface area contributed by atoms with Crippen molar-refractivity contribution in [3.05, 3.63) is 115 Å². The van der Waals surface area contributed by atoms with Crippen LogP contribution in [-0.2, 0) is 80.1 Å². The fraction of sp³-hybridized carbons (Fsp3) is 0.346. The Morgan fingerprint density at radius 2 is 0.378 bits per heavy atom. The maximum atomic E-state index is 11.9. The third kappa shape index (κ3) is 35.8. The molecule has 1 aliphatic carbocycles. The van der Waals surface area contributed by atoms with Crippen LogP contribution in [0.2, 0.25) is 0 Å². The van der Waals surface area contributed by atoms with E-state index in [4.69, 9.17) is 105 Å². The number of carboxylic acids is 6. The smallest absolute Gasteiger partial charge is 0.490 e. The number of aliphatic imine (C=N–C) groups is 4.